The summed E-state index contributed by atoms with van der Waals surface area (Å²) in [6, 6.07) is 20.5. The average Bonchev–Trinajstić information content (AvgIpc) is 2.53. The van der Waals surface area contributed by atoms with Gasteiger partial charge in [-0.1, -0.05) is 23.9 Å². The molecule has 0 aliphatic rings. The van der Waals surface area contributed by atoms with E-state index >= 15 is 0 Å². The Morgan fingerprint density at radius 1 is 0.909 bits per heavy atom. The van der Waals surface area contributed by atoms with Crippen LogP contribution in [0.15, 0.2) is 60.8 Å². The van der Waals surface area contributed by atoms with Crippen molar-refractivity contribution in [2.24, 2.45) is 0 Å². The summed E-state index contributed by atoms with van der Waals surface area (Å²) in [7, 11) is 0. The molecule has 0 radical (unpaired) electrons. The van der Waals surface area contributed by atoms with Gasteiger partial charge in [-0.3, -0.25) is 0 Å². The molecule has 0 fully saturated rings. The van der Waals surface area contributed by atoms with Crippen LogP contribution < -0.4 is 10.6 Å². The van der Waals surface area contributed by atoms with Crippen LogP contribution in [0.25, 0.3) is 0 Å². The Hall–Kier alpha value is -2.19. The standard InChI is InChI=1S/C17H15N4.W/c1-13-12-18-17(20-15-10-6-3-7-11-15)21-16(13)19-14-8-4-2-5-9-14;/h2,4-12H,1H3,(H2,18,19,20,21);/q-1;. The van der Waals surface area contributed by atoms with Crippen molar-refractivity contribution in [2.45, 2.75) is 6.92 Å². The van der Waals surface area contributed by atoms with Gasteiger partial charge in [0.25, 0.3) is 0 Å². The van der Waals surface area contributed by atoms with Gasteiger partial charge in [-0.2, -0.15) is 23.2 Å². The predicted molar refractivity (Wildman–Crippen MR) is 85.1 cm³/mol. The molecule has 0 amide bonds. The summed E-state index contributed by atoms with van der Waals surface area (Å²) in [6.45, 7) is 1.98. The van der Waals surface area contributed by atoms with Crippen LogP contribution in [0.1, 0.15) is 5.56 Å². The number of nitrogens with zero attached hydrogens (tertiary/aromatic N) is 2. The Morgan fingerprint density at radius 3 is 2.32 bits per heavy atom. The van der Waals surface area contributed by atoms with Crippen molar-refractivity contribution in [1.82, 2.24) is 9.97 Å². The maximum absolute atomic E-state index is 4.52. The third-order valence-electron chi connectivity index (χ3n) is 2.98. The van der Waals surface area contributed by atoms with E-state index in [-0.39, 0.29) is 21.1 Å². The van der Waals surface area contributed by atoms with Crippen molar-refractivity contribution >= 4 is 23.1 Å². The largest absolute Gasteiger partial charge is 0.347 e. The zero-order valence-electron chi connectivity index (χ0n) is 12.1. The minimum Gasteiger partial charge on any atom is -0.347 e. The van der Waals surface area contributed by atoms with Gasteiger partial charge in [-0.15, -0.1) is 12.1 Å². The van der Waals surface area contributed by atoms with Crippen molar-refractivity contribution in [3.63, 3.8) is 0 Å². The molecule has 1 heterocycles. The van der Waals surface area contributed by atoms with E-state index < -0.39 is 0 Å². The Kier molecular flexibility index (Phi) is 5.67. The second kappa shape index (κ2) is 7.71. The second-order valence-corrected chi connectivity index (χ2v) is 4.63. The number of hydrogen-bond donors (Lipinski definition) is 2. The average molecular weight is 459 g/mol. The van der Waals surface area contributed by atoms with Crippen LogP contribution in [0.4, 0.5) is 23.1 Å². The molecule has 1 aromatic heterocycles. The molecule has 3 aromatic rings. The fourth-order valence-corrected chi connectivity index (χ4v) is 1.89. The molecule has 0 atom stereocenters. The van der Waals surface area contributed by atoms with Crippen molar-refractivity contribution in [2.75, 3.05) is 10.6 Å². The van der Waals surface area contributed by atoms with Gasteiger partial charge < -0.3 is 10.6 Å². The molecule has 5 heteroatoms. The van der Waals surface area contributed by atoms with Crippen LogP contribution in [-0.4, -0.2) is 9.97 Å². The molecule has 22 heavy (non-hydrogen) atoms. The van der Waals surface area contributed by atoms with E-state index in [1.54, 1.807) is 6.20 Å². The molecule has 110 valence electrons. The van der Waals surface area contributed by atoms with Crippen LogP contribution in [0.5, 0.6) is 0 Å². The molecule has 0 aliphatic carbocycles. The number of para-hydroxylation sites is 1. The van der Waals surface area contributed by atoms with Gasteiger partial charge in [0.05, 0.1) is 0 Å². The van der Waals surface area contributed by atoms with E-state index in [1.165, 1.54) is 0 Å². The third-order valence-corrected chi connectivity index (χ3v) is 2.98. The number of hydrogen-bond acceptors (Lipinski definition) is 4. The fourth-order valence-electron chi connectivity index (χ4n) is 1.89. The topological polar surface area (TPSA) is 49.8 Å². The van der Waals surface area contributed by atoms with Crippen LogP contribution in [-0.2, 0) is 21.1 Å². The van der Waals surface area contributed by atoms with Gasteiger partial charge in [0.1, 0.15) is 5.82 Å². The smallest absolute Gasteiger partial charge is 0.227 e. The van der Waals surface area contributed by atoms with Gasteiger partial charge in [-0.05, 0) is 19.1 Å². The first-order valence-corrected chi connectivity index (χ1v) is 6.70. The second-order valence-electron chi connectivity index (χ2n) is 4.63. The van der Waals surface area contributed by atoms with Crippen LogP contribution in [0.3, 0.4) is 0 Å². The predicted octanol–water partition coefficient (Wildman–Crippen LogP) is 4.07. The summed E-state index contributed by atoms with van der Waals surface area (Å²) in [6.07, 6.45) is 1.80. The first-order valence-electron chi connectivity index (χ1n) is 6.70. The first kappa shape index (κ1) is 16.2. The van der Waals surface area contributed by atoms with E-state index in [1.807, 2.05) is 61.5 Å². The molecule has 0 spiro atoms. The summed E-state index contributed by atoms with van der Waals surface area (Å²) in [4.78, 5) is 8.82. The van der Waals surface area contributed by atoms with Crippen LogP contribution in [0, 0.1) is 13.0 Å². The minimum atomic E-state index is 0. The van der Waals surface area contributed by atoms with Crippen molar-refractivity contribution in [3.05, 3.63) is 72.4 Å². The Morgan fingerprint density at radius 2 is 1.59 bits per heavy atom. The van der Waals surface area contributed by atoms with E-state index in [0.29, 0.717) is 5.95 Å². The zero-order chi connectivity index (χ0) is 14.5. The Balaban J connectivity index is 0.00000176. The van der Waals surface area contributed by atoms with Gasteiger partial charge in [-0.25, -0.2) is 4.98 Å². The molecule has 3 rings (SSSR count). The molecule has 2 N–H and O–H groups in total. The van der Waals surface area contributed by atoms with E-state index in [0.717, 1.165) is 22.8 Å². The quantitative estimate of drug-likeness (QED) is 0.578. The number of aryl methyl sites for hydroxylation is 1. The normalized spacial score (nSPS) is 9.68. The molecule has 2 aromatic carbocycles. The molecular weight excluding hydrogens is 444 g/mol. The number of nitrogens with one attached hydrogen (secondary N) is 2. The summed E-state index contributed by atoms with van der Waals surface area (Å²) in [5, 5.41) is 6.48. The maximum Gasteiger partial charge on any atom is 0.227 e. The maximum atomic E-state index is 4.52. The number of aromatic nitrogens is 2. The van der Waals surface area contributed by atoms with Crippen LogP contribution >= 0.6 is 0 Å². The Labute approximate surface area is 144 Å². The Bertz CT molecular complexity index is 717. The first-order chi connectivity index (χ1) is 10.3. The number of rotatable bonds is 4. The summed E-state index contributed by atoms with van der Waals surface area (Å²) in [5.41, 5.74) is 2.92. The van der Waals surface area contributed by atoms with Crippen molar-refractivity contribution < 1.29 is 21.1 Å². The SMILES string of the molecule is Cc1cnc(Nc2cc[c-]cc2)nc1Nc1ccccc1.[W]. The summed E-state index contributed by atoms with van der Waals surface area (Å²) >= 11 is 0. The molecule has 4 nitrogen and oxygen atoms in total. The molecule has 0 saturated heterocycles. The van der Waals surface area contributed by atoms with E-state index in [2.05, 4.69) is 26.7 Å². The minimum absolute atomic E-state index is 0. The molecule has 0 unspecified atom stereocenters. The monoisotopic (exact) mass is 459 g/mol. The van der Waals surface area contributed by atoms with Gasteiger partial charge >= 0.3 is 0 Å². The third kappa shape index (κ3) is 4.15. The van der Waals surface area contributed by atoms with Gasteiger partial charge in [0.2, 0.25) is 5.95 Å². The number of anilines is 4. The van der Waals surface area contributed by atoms with E-state index in [9.17, 15) is 0 Å². The summed E-state index contributed by atoms with van der Waals surface area (Å²) < 4.78 is 0. The van der Waals surface area contributed by atoms with Crippen molar-refractivity contribution in [1.29, 1.82) is 0 Å². The number of benzene rings is 2. The molecular formula is C17H15N4W-. The molecule has 0 bridgehead atoms. The zero-order valence-corrected chi connectivity index (χ0v) is 15.0. The molecule has 0 aliphatic heterocycles. The fraction of sp³-hybridized carbons (Fsp3) is 0.0588. The van der Waals surface area contributed by atoms with Crippen molar-refractivity contribution in [3.8, 4) is 0 Å². The van der Waals surface area contributed by atoms with Gasteiger partial charge in [0, 0.05) is 38.5 Å². The molecule has 0 saturated carbocycles. The van der Waals surface area contributed by atoms with Gasteiger partial charge in [0.15, 0.2) is 0 Å². The summed E-state index contributed by atoms with van der Waals surface area (Å²) in [5.74, 6) is 1.35. The van der Waals surface area contributed by atoms with E-state index in [4.69, 9.17) is 0 Å². The van der Waals surface area contributed by atoms with Crippen LogP contribution in [0.2, 0.25) is 0 Å².